The van der Waals surface area contributed by atoms with Crippen molar-refractivity contribution in [2.24, 2.45) is 0 Å². The first kappa shape index (κ1) is 15.3. The molecule has 0 aromatic heterocycles. The number of benzene rings is 1. The van der Waals surface area contributed by atoms with E-state index in [4.69, 9.17) is 4.74 Å². The van der Waals surface area contributed by atoms with Crippen LogP contribution in [0.3, 0.4) is 0 Å². The molecule has 5 nitrogen and oxygen atoms in total. The van der Waals surface area contributed by atoms with Gasteiger partial charge in [0, 0.05) is 20.2 Å². The van der Waals surface area contributed by atoms with Crippen LogP contribution in [0.2, 0.25) is 0 Å². The van der Waals surface area contributed by atoms with Gasteiger partial charge in [-0.3, -0.25) is 0 Å². The average Bonchev–Trinajstić information content (AvgIpc) is 2.36. The van der Waals surface area contributed by atoms with Crippen molar-refractivity contribution in [3.8, 4) is 0 Å². The Morgan fingerprint density at radius 2 is 2.00 bits per heavy atom. The molecule has 1 aromatic carbocycles. The molecule has 0 saturated heterocycles. The Labute approximate surface area is 109 Å². The summed E-state index contributed by atoms with van der Waals surface area (Å²) in [7, 11) is 1.49. The lowest BCUT2D eigenvalue weighted by atomic mass is 10.1. The molecular formula is C12H16F2N2O3. The van der Waals surface area contributed by atoms with Gasteiger partial charge in [-0.25, -0.2) is 13.6 Å². The predicted octanol–water partition coefficient (Wildman–Crippen LogP) is 0.944. The van der Waals surface area contributed by atoms with Crippen molar-refractivity contribution in [2.45, 2.75) is 6.10 Å². The van der Waals surface area contributed by atoms with E-state index in [0.29, 0.717) is 13.2 Å². The highest BCUT2D eigenvalue weighted by Crippen LogP contribution is 2.19. The molecule has 106 valence electrons. The van der Waals surface area contributed by atoms with Crippen LogP contribution in [-0.4, -0.2) is 37.9 Å². The third-order valence-corrected chi connectivity index (χ3v) is 2.38. The minimum absolute atomic E-state index is 0.295. The van der Waals surface area contributed by atoms with Gasteiger partial charge in [0.05, 0.1) is 12.2 Å². The van der Waals surface area contributed by atoms with Crippen molar-refractivity contribution in [3.63, 3.8) is 0 Å². The Kier molecular flexibility index (Phi) is 6.17. The summed E-state index contributed by atoms with van der Waals surface area (Å²) < 4.78 is 31.4. The van der Waals surface area contributed by atoms with Gasteiger partial charge in [0.25, 0.3) is 0 Å². The molecule has 0 saturated carbocycles. The van der Waals surface area contributed by atoms with E-state index in [9.17, 15) is 18.7 Å². The van der Waals surface area contributed by atoms with Crippen LogP contribution in [0.1, 0.15) is 11.7 Å². The van der Waals surface area contributed by atoms with Gasteiger partial charge in [-0.1, -0.05) is 6.07 Å². The fraction of sp³-hybridized carbons (Fsp3) is 0.417. The number of nitrogens with one attached hydrogen (secondary N) is 2. The molecule has 1 unspecified atom stereocenters. The summed E-state index contributed by atoms with van der Waals surface area (Å²) in [6, 6.07) is 2.74. The maximum absolute atomic E-state index is 13.3. The van der Waals surface area contributed by atoms with Gasteiger partial charge in [-0.2, -0.15) is 0 Å². The molecule has 0 bridgehead atoms. The SMILES string of the molecule is COCCNC(=O)NCC(O)c1c(F)cccc1F. The van der Waals surface area contributed by atoms with E-state index in [1.807, 2.05) is 0 Å². The van der Waals surface area contributed by atoms with Gasteiger partial charge >= 0.3 is 6.03 Å². The van der Waals surface area contributed by atoms with Crippen LogP contribution in [0.15, 0.2) is 18.2 Å². The number of aliphatic hydroxyl groups is 1. The van der Waals surface area contributed by atoms with E-state index in [-0.39, 0.29) is 6.54 Å². The highest BCUT2D eigenvalue weighted by molar-refractivity contribution is 5.73. The minimum atomic E-state index is -1.45. The van der Waals surface area contributed by atoms with E-state index in [1.165, 1.54) is 13.2 Å². The maximum atomic E-state index is 13.3. The van der Waals surface area contributed by atoms with Gasteiger partial charge in [0.15, 0.2) is 0 Å². The fourth-order valence-electron chi connectivity index (χ4n) is 1.45. The quantitative estimate of drug-likeness (QED) is 0.676. The summed E-state index contributed by atoms with van der Waals surface area (Å²) in [4.78, 5) is 11.2. The number of rotatable bonds is 6. The maximum Gasteiger partial charge on any atom is 0.314 e. The van der Waals surface area contributed by atoms with Crippen LogP contribution in [-0.2, 0) is 4.74 Å². The fourth-order valence-corrected chi connectivity index (χ4v) is 1.45. The smallest absolute Gasteiger partial charge is 0.314 e. The molecule has 0 aliphatic carbocycles. The molecule has 2 amide bonds. The number of methoxy groups -OCH3 is 1. The van der Waals surface area contributed by atoms with Crippen LogP contribution in [0.4, 0.5) is 13.6 Å². The lowest BCUT2D eigenvalue weighted by Gasteiger charge is -2.14. The number of halogens is 2. The van der Waals surface area contributed by atoms with Crippen LogP contribution >= 0.6 is 0 Å². The zero-order chi connectivity index (χ0) is 14.3. The van der Waals surface area contributed by atoms with Crippen molar-refractivity contribution in [1.29, 1.82) is 0 Å². The van der Waals surface area contributed by atoms with Gasteiger partial charge < -0.3 is 20.5 Å². The van der Waals surface area contributed by atoms with Crippen LogP contribution in [0.5, 0.6) is 0 Å². The van der Waals surface area contributed by atoms with Crippen molar-refractivity contribution < 1.29 is 23.4 Å². The molecule has 0 fully saturated rings. The molecule has 1 atom stereocenters. The molecule has 1 aromatic rings. The third-order valence-electron chi connectivity index (χ3n) is 2.38. The molecule has 0 spiro atoms. The first-order valence-corrected chi connectivity index (χ1v) is 5.69. The second-order valence-corrected chi connectivity index (χ2v) is 3.78. The summed E-state index contributed by atoms with van der Waals surface area (Å²) in [6.45, 7) is 0.348. The summed E-state index contributed by atoms with van der Waals surface area (Å²) in [5.74, 6) is -1.71. The largest absolute Gasteiger partial charge is 0.386 e. The van der Waals surface area contributed by atoms with E-state index in [1.54, 1.807) is 0 Å². The molecule has 19 heavy (non-hydrogen) atoms. The van der Waals surface area contributed by atoms with E-state index < -0.39 is 29.3 Å². The summed E-state index contributed by atoms with van der Waals surface area (Å²) in [5.41, 5.74) is -0.459. The number of ether oxygens (including phenoxy) is 1. The van der Waals surface area contributed by atoms with Crippen LogP contribution < -0.4 is 10.6 Å². The van der Waals surface area contributed by atoms with E-state index in [0.717, 1.165) is 12.1 Å². The molecular weight excluding hydrogens is 258 g/mol. The molecule has 0 heterocycles. The molecule has 0 aliphatic rings. The predicted molar refractivity (Wildman–Crippen MR) is 64.6 cm³/mol. The van der Waals surface area contributed by atoms with Gasteiger partial charge in [0.2, 0.25) is 0 Å². The topological polar surface area (TPSA) is 70.6 Å². The highest BCUT2D eigenvalue weighted by Gasteiger charge is 2.18. The van der Waals surface area contributed by atoms with Gasteiger partial charge in [-0.05, 0) is 12.1 Å². The third kappa shape index (κ3) is 4.80. The molecule has 7 heteroatoms. The normalized spacial score (nSPS) is 12.0. The number of hydrogen-bond acceptors (Lipinski definition) is 3. The van der Waals surface area contributed by atoms with Crippen molar-refractivity contribution >= 4 is 6.03 Å². The second-order valence-electron chi connectivity index (χ2n) is 3.78. The summed E-state index contributed by atoms with van der Waals surface area (Å²) in [6.07, 6.45) is -1.45. The van der Waals surface area contributed by atoms with E-state index >= 15 is 0 Å². The molecule has 3 N–H and O–H groups in total. The van der Waals surface area contributed by atoms with Crippen LogP contribution in [0, 0.1) is 11.6 Å². The monoisotopic (exact) mass is 274 g/mol. The van der Waals surface area contributed by atoms with Crippen molar-refractivity contribution in [3.05, 3.63) is 35.4 Å². The Balaban J connectivity index is 2.47. The number of hydrogen-bond donors (Lipinski definition) is 3. The Bertz CT molecular complexity index is 409. The zero-order valence-electron chi connectivity index (χ0n) is 10.5. The number of carbonyl (C=O) groups excluding carboxylic acids is 1. The first-order chi connectivity index (χ1) is 9.06. The Hall–Kier alpha value is -1.73. The number of amides is 2. The summed E-state index contributed by atoms with van der Waals surface area (Å²) in [5, 5.41) is 14.4. The first-order valence-electron chi connectivity index (χ1n) is 5.69. The molecule has 1 rings (SSSR count). The molecule has 0 radical (unpaired) electrons. The van der Waals surface area contributed by atoms with Crippen molar-refractivity contribution in [1.82, 2.24) is 10.6 Å². The lowest BCUT2D eigenvalue weighted by molar-refractivity contribution is 0.162. The van der Waals surface area contributed by atoms with Crippen molar-refractivity contribution in [2.75, 3.05) is 26.8 Å². The minimum Gasteiger partial charge on any atom is -0.386 e. The Morgan fingerprint density at radius 1 is 1.37 bits per heavy atom. The standard InChI is InChI=1S/C12H16F2N2O3/c1-19-6-5-15-12(18)16-7-10(17)11-8(13)3-2-4-9(11)14/h2-4,10,17H,5-7H2,1H3,(H2,15,16,18). The number of aliphatic hydroxyl groups excluding tert-OH is 1. The second kappa shape index (κ2) is 7.65. The van der Waals surface area contributed by atoms with Gasteiger partial charge in [0.1, 0.15) is 17.7 Å². The van der Waals surface area contributed by atoms with E-state index in [2.05, 4.69) is 10.6 Å². The average molecular weight is 274 g/mol. The van der Waals surface area contributed by atoms with Gasteiger partial charge in [-0.15, -0.1) is 0 Å². The lowest BCUT2D eigenvalue weighted by Crippen LogP contribution is -2.39. The Morgan fingerprint density at radius 3 is 2.58 bits per heavy atom. The van der Waals surface area contributed by atoms with Crippen LogP contribution in [0.25, 0.3) is 0 Å². The summed E-state index contributed by atoms with van der Waals surface area (Å²) >= 11 is 0. The highest BCUT2D eigenvalue weighted by atomic mass is 19.1. The molecule has 0 aliphatic heterocycles. The number of carbonyl (C=O) groups is 1. The number of urea groups is 1. The zero-order valence-corrected chi connectivity index (χ0v) is 10.5.